The van der Waals surface area contributed by atoms with E-state index in [1.54, 1.807) is 7.11 Å². The fraction of sp³-hybridized carbons (Fsp3) is 0.500. The number of ether oxygens (including phenoxy) is 1. The fourth-order valence-corrected chi connectivity index (χ4v) is 3.55. The first-order valence-corrected chi connectivity index (χ1v) is 9.18. The van der Waals surface area contributed by atoms with E-state index in [1.165, 1.54) is 16.7 Å². The quantitative estimate of drug-likeness (QED) is 0.404. The van der Waals surface area contributed by atoms with Gasteiger partial charge in [0.05, 0.1) is 13.3 Å². The van der Waals surface area contributed by atoms with E-state index in [-0.39, 0.29) is 24.0 Å². The van der Waals surface area contributed by atoms with Gasteiger partial charge in [-0.15, -0.1) is 24.0 Å². The van der Waals surface area contributed by atoms with E-state index < -0.39 is 0 Å². The molecule has 1 aliphatic rings. The molecule has 1 N–H and O–H groups in total. The van der Waals surface area contributed by atoms with Gasteiger partial charge in [-0.1, -0.05) is 12.1 Å². The first-order valence-electron chi connectivity index (χ1n) is 9.18. The lowest BCUT2D eigenvalue weighted by molar-refractivity contribution is 0.411. The van der Waals surface area contributed by atoms with Gasteiger partial charge in [0.15, 0.2) is 5.96 Å². The average Bonchev–Trinajstić information content (AvgIpc) is 3.29. The number of guanidine groups is 1. The van der Waals surface area contributed by atoms with Crippen molar-refractivity contribution in [2.24, 2.45) is 12.0 Å². The molecule has 0 amide bonds. The number of benzene rings is 1. The van der Waals surface area contributed by atoms with Crippen molar-refractivity contribution in [3.05, 3.63) is 47.3 Å². The maximum Gasteiger partial charge on any atom is 0.193 e. The van der Waals surface area contributed by atoms with Crippen LogP contribution in [-0.2, 0) is 13.5 Å². The van der Waals surface area contributed by atoms with E-state index >= 15 is 0 Å². The summed E-state index contributed by atoms with van der Waals surface area (Å²) < 4.78 is 7.29. The number of nitrogens with one attached hydrogen (secondary N) is 1. The lowest BCUT2D eigenvalue weighted by atomic mass is 10.0. The molecule has 1 aromatic carbocycles. The number of aliphatic imine (C=N–C) groups is 1. The summed E-state index contributed by atoms with van der Waals surface area (Å²) in [5, 5.41) is 7.80. The van der Waals surface area contributed by atoms with Crippen LogP contribution in [0.3, 0.4) is 0 Å². The summed E-state index contributed by atoms with van der Waals surface area (Å²) in [6.45, 7) is 4.93. The Labute approximate surface area is 179 Å². The van der Waals surface area contributed by atoms with Gasteiger partial charge in [-0.2, -0.15) is 5.10 Å². The number of rotatable bonds is 5. The fourth-order valence-electron chi connectivity index (χ4n) is 3.55. The molecule has 1 unspecified atom stereocenters. The van der Waals surface area contributed by atoms with Gasteiger partial charge in [0.2, 0.25) is 0 Å². The molecule has 0 bridgehead atoms. The molecular weight excluding hydrogens is 453 g/mol. The van der Waals surface area contributed by atoms with Crippen molar-refractivity contribution in [1.29, 1.82) is 0 Å². The van der Waals surface area contributed by atoms with Crippen LogP contribution in [0, 0.1) is 6.92 Å². The predicted molar refractivity (Wildman–Crippen MR) is 120 cm³/mol. The minimum atomic E-state index is 0. The summed E-state index contributed by atoms with van der Waals surface area (Å²) >= 11 is 0. The molecule has 0 radical (unpaired) electrons. The van der Waals surface area contributed by atoms with Gasteiger partial charge < -0.3 is 15.0 Å². The third kappa shape index (κ3) is 5.37. The van der Waals surface area contributed by atoms with E-state index in [0.717, 1.165) is 44.2 Å². The summed E-state index contributed by atoms with van der Waals surface area (Å²) in [5.74, 6) is 2.46. The molecule has 7 heteroatoms. The van der Waals surface area contributed by atoms with Gasteiger partial charge in [0.1, 0.15) is 5.75 Å². The van der Waals surface area contributed by atoms with Crippen LogP contribution < -0.4 is 10.1 Å². The maximum absolute atomic E-state index is 5.41. The Kier molecular flexibility index (Phi) is 7.94. The van der Waals surface area contributed by atoms with E-state index in [9.17, 15) is 0 Å². The zero-order valence-electron chi connectivity index (χ0n) is 16.6. The molecule has 1 fully saturated rings. The largest absolute Gasteiger partial charge is 0.496 e. The highest BCUT2D eigenvalue weighted by atomic mass is 127. The molecule has 0 saturated carbocycles. The third-order valence-corrected chi connectivity index (χ3v) is 5.07. The molecular formula is C20H30IN5O. The average molecular weight is 483 g/mol. The molecule has 0 aliphatic carbocycles. The van der Waals surface area contributed by atoms with Crippen LogP contribution in [-0.4, -0.2) is 54.4 Å². The number of hydrogen-bond donors (Lipinski definition) is 1. The third-order valence-electron chi connectivity index (χ3n) is 5.07. The number of aryl methyl sites for hydroxylation is 2. The molecule has 27 heavy (non-hydrogen) atoms. The molecule has 2 heterocycles. The Morgan fingerprint density at radius 2 is 2.22 bits per heavy atom. The van der Waals surface area contributed by atoms with Gasteiger partial charge in [-0.3, -0.25) is 9.67 Å². The van der Waals surface area contributed by atoms with E-state index in [1.807, 2.05) is 25.0 Å². The van der Waals surface area contributed by atoms with Crippen LogP contribution in [0.2, 0.25) is 0 Å². The van der Waals surface area contributed by atoms with Crippen molar-refractivity contribution in [2.45, 2.75) is 25.7 Å². The summed E-state index contributed by atoms with van der Waals surface area (Å²) in [5.41, 5.74) is 3.75. The highest BCUT2D eigenvalue weighted by molar-refractivity contribution is 14.0. The smallest absolute Gasteiger partial charge is 0.193 e. The molecule has 3 rings (SSSR count). The van der Waals surface area contributed by atoms with Gasteiger partial charge in [-0.05, 0) is 42.5 Å². The minimum Gasteiger partial charge on any atom is -0.496 e. The van der Waals surface area contributed by atoms with E-state index in [2.05, 4.69) is 51.6 Å². The standard InChI is InChI=1S/C20H29N5O.HI/c1-15-5-6-16(11-19(15)26-4)7-9-22-20(21-2)25-10-8-17(14-25)18-12-23-24(3)13-18;/h5-6,11-13,17H,7-10,14H2,1-4H3,(H,21,22);1H. The Hall–Kier alpha value is -1.77. The van der Waals surface area contributed by atoms with Gasteiger partial charge >= 0.3 is 0 Å². The zero-order valence-corrected chi connectivity index (χ0v) is 18.9. The monoisotopic (exact) mass is 483 g/mol. The van der Waals surface area contributed by atoms with Crippen LogP contribution in [0.4, 0.5) is 0 Å². The van der Waals surface area contributed by atoms with Crippen LogP contribution in [0.15, 0.2) is 35.6 Å². The Bertz CT molecular complexity index is 773. The highest BCUT2D eigenvalue weighted by Crippen LogP contribution is 2.26. The van der Waals surface area contributed by atoms with Crippen molar-refractivity contribution < 1.29 is 4.74 Å². The van der Waals surface area contributed by atoms with E-state index in [0.29, 0.717) is 5.92 Å². The van der Waals surface area contributed by atoms with Crippen molar-refractivity contribution in [3.8, 4) is 5.75 Å². The molecule has 0 spiro atoms. The van der Waals surface area contributed by atoms with Crippen LogP contribution in [0.1, 0.15) is 29.0 Å². The zero-order chi connectivity index (χ0) is 18.5. The van der Waals surface area contributed by atoms with Crippen LogP contribution in [0.25, 0.3) is 0 Å². The number of methoxy groups -OCH3 is 1. The van der Waals surface area contributed by atoms with Gasteiger partial charge in [0, 0.05) is 45.8 Å². The summed E-state index contributed by atoms with van der Waals surface area (Å²) in [6, 6.07) is 6.40. The number of likely N-dealkylation sites (tertiary alicyclic amines) is 1. The molecule has 1 atom stereocenters. The first kappa shape index (κ1) is 21.5. The van der Waals surface area contributed by atoms with Gasteiger partial charge in [-0.25, -0.2) is 0 Å². The van der Waals surface area contributed by atoms with Crippen molar-refractivity contribution in [2.75, 3.05) is 33.8 Å². The van der Waals surface area contributed by atoms with Crippen molar-refractivity contribution in [3.63, 3.8) is 0 Å². The number of halogens is 1. The molecule has 148 valence electrons. The minimum absolute atomic E-state index is 0. The van der Waals surface area contributed by atoms with E-state index in [4.69, 9.17) is 4.74 Å². The lowest BCUT2D eigenvalue weighted by Gasteiger charge is -2.21. The number of hydrogen-bond acceptors (Lipinski definition) is 3. The second-order valence-electron chi connectivity index (χ2n) is 6.91. The van der Waals surface area contributed by atoms with Crippen molar-refractivity contribution in [1.82, 2.24) is 20.0 Å². The Morgan fingerprint density at radius 3 is 2.89 bits per heavy atom. The molecule has 6 nitrogen and oxygen atoms in total. The highest BCUT2D eigenvalue weighted by Gasteiger charge is 2.26. The molecule has 1 saturated heterocycles. The normalized spacial score (nSPS) is 17.0. The van der Waals surface area contributed by atoms with Gasteiger partial charge in [0.25, 0.3) is 0 Å². The Morgan fingerprint density at radius 1 is 1.41 bits per heavy atom. The topological polar surface area (TPSA) is 54.7 Å². The molecule has 1 aliphatic heterocycles. The summed E-state index contributed by atoms with van der Waals surface area (Å²) in [6.07, 6.45) is 6.18. The summed E-state index contributed by atoms with van der Waals surface area (Å²) in [7, 11) is 5.55. The first-order chi connectivity index (χ1) is 12.6. The second kappa shape index (κ2) is 9.96. The van der Waals surface area contributed by atoms with Crippen LogP contribution >= 0.6 is 24.0 Å². The number of nitrogens with zero attached hydrogens (tertiary/aromatic N) is 4. The molecule has 2 aromatic rings. The predicted octanol–water partition coefficient (Wildman–Crippen LogP) is 2.96. The number of aromatic nitrogens is 2. The van der Waals surface area contributed by atoms with Crippen molar-refractivity contribution >= 4 is 29.9 Å². The summed E-state index contributed by atoms with van der Waals surface area (Å²) in [4.78, 5) is 6.81. The lowest BCUT2D eigenvalue weighted by Crippen LogP contribution is -2.40. The second-order valence-corrected chi connectivity index (χ2v) is 6.91. The Balaban J connectivity index is 0.00000261. The molecule has 1 aromatic heterocycles. The van der Waals surface area contributed by atoms with Crippen LogP contribution in [0.5, 0.6) is 5.75 Å². The maximum atomic E-state index is 5.41. The SMILES string of the molecule is CN=C(NCCc1ccc(C)c(OC)c1)N1CCC(c2cnn(C)c2)C1.I.